The molecule has 0 amide bonds. The van der Waals surface area contributed by atoms with Gasteiger partial charge >= 0.3 is 0 Å². The highest BCUT2D eigenvalue weighted by Crippen LogP contribution is 2.06. The van der Waals surface area contributed by atoms with Crippen LogP contribution in [-0.2, 0) is 0 Å². The molecule has 0 aromatic heterocycles. The van der Waals surface area contributed by atoms with Gasteiger partial charge < -0.3 is 11.5 Å². The van der Waals surface area contributed by atoms with Crippen molar-refractivity contribution in [3.63, 3.8) is 0 Å². The molecule has 1 unspecified atom stereocenters. The summed E-state index contributed by atoms with van der Waals surface area (Å²) in [7, 11) is 0. The second-order valence-electron chi connectivity index (χ2n) is 2.20. The fraction of sp³-hybridized carbons (Fsp3) is 1.00. The second-order valence-corrected chi connectivity index (χ2v) is 2.20. The molecular weight excluding hydrogens is 112 g/mol. The summed E-state index contributed by atoms with van der Waals surface area (Å²) in [5.74, 6) is 0. The second kappa shape index (κ2) is 6.05. The number of rotatable bonds is 1. The molecule has 1 atom stereocenters. The van der Waals surface area contributed by atoms with Crippen molar-refractivity contribution in [3.8, 4) is 0 Å². The van der Waals surface area contributed by atoms with E-state index in [4.69, 9.17) is 0 Å². The van der Waals surface area contributed by atoms with Crippen LogP contribution < -0.4 is 11.5 Å². The lowest BCUT2D eigenvalue weighted by atomic mass is 10.2. The lowest BCUT2D eigenvalue weighted by Crippen LogP contribution is -2.19. The Balaban J connectivity index is 0. The molecule has 0 bridgehead atoms. The van der Waals surface area contributed by atoms with Crippen molar-refractivity contribution in [1.29, 1.82) is 0 Å². The van der Waals surface area contributed by atoms with E-state index in [0.717, 1.165) is 6.04 Å². The van der Waals surface area contributed by atoms with Crippen LogP contribution in [0.15, 0.2) is 0 Å². The first-order valence-corrected chi connectivity index (χ1v) is 3.17. The van der Waals surface area contributed by atoms with Gasteiger partial charge in [-0.3, -0.25) is 0 Å². The Kier molecular flexibility index (Phi) is 7.85. The molecule has 1 rings (SSSR count). The van der Waals surface area contributed by atoms with Gasteiger partial charge in [0.1, 0.15) is 0 Å². The molecule has 1 aliphatic heterocycles. The smallest absolute Gasteiger partial charge is 0.00649 e. The van der Waals surface area contributed by atoms with Crippen LogP contribution in [0.5, 0.6) is 0 Å². The summed E-state index contributed by atoms with van der Waals surface area (Å²) in [4.78, 5) is 0. The maximum Gasteiger partial charge on any atom is 0.00649 e. The minimum Gasteiger partial charge on any atom is -0.344 e. The van der Waals surface area contributed by atoms with Crippen LogP contribution in [0.1, 0.15) is 33.6 Å². The van der Waals surface area contributed by atoms with Gasteiger partial charge in [-0.05, 0) is 25.8 Å². The third-order valence-corrected chi connectivity index (χ3v) is 1.66. The summed E-state index contributed by atoms with van der Waals surface area (Å²) >= 11 is 0. The predicted octanol–water partition coefficient (Wildman–Crippen LogP) is 1.95. The van der Waals surface area contributed by atoms with Gasteiger partial charge in [0.15, 0.2) is 0 Å². The highest BCUT2D eigenvalue weighted by atomic mass is 14.9. The van der Waals surface area contributed by atoms with Crippen molar-refractivity contribution in [3.05, 3.63) is 0 Å². The van der Waals surface area contributed by atoms with E-state index in [0.29, 0.717) is 0 Å². The third kappa shape index (κ3) is 3.49. The summed E-state index contributed by atoms with van der Waals surface area (Å²) in [6, 6.07) is 0.847. The van der Waals surface area contributed by atoms with E-state index in [1.54, 1.807) is 0 Å². The monoisotopic (exact) mass is 132 g/mol. The molecule has 1 saturated heterocycles. The summed E-state index contributed by atoms with van der Waals surface area (Å²) in [6.07, 6.45) is 4.09. The minimum atomic E-state index is 0. The summed E-state index contributed by atoms with van der Waals surface area (Å²) in [5, 5.41) is 3.41. The Labute approximate surface area is 58.6 Å². The molecule has 2 heteroatoms. The maximum atomic E-state index is 3.41. The van der Waals surface area contributed by atoms with Gasteiger partial charge in [-0.25, -0.2) is 0 Å². The Morgan fingerprint density at radius 1 is 1.56 bits per heavy atom. The first kappa shape index (κ1) is 11.7. The Bertz CT molecular complexity index is 48.9. The molecule has 2 nitrogen and oxygen atoms in total. The van der Waals surface area contributed by atoms with Crippen molar-refractivity contribution in [2.24, 2.45) is 0 Å². The number of hydrogen-bond donors (Lipinski definition) is 2. The fourth-order valence-electron chi connectivity index (χ4n) is 1.11. The molecule has 0 aromatic rings. The lowest BCUT2D eigenvalue weighted by Gasteiger charge is -2.02. The number of nitrogens with one attached hydrogen (secondary N) is 1. The van der Waals surface area contributed by atoms with Crippen LogP contribution in [-0.4, -0.2) is 12.6 Å². The van der Waals surface area contributed by atoms with Crippen LogP contribution in [0.3, 0.4) is 0 Å². The lowest BCUT2D eigenvalue weighted by molar-refractivity contribution is 0.587. The average Bonchev–Trinajstić information content (AvgIpc) is 2.14. The Hall–Kier alpha value is -0.0800. The van der Waals surface area contributed by atoms with Crippen molar-refractivity contribution >= 4 is 0 Å². The van der Waals surface area contributed by atoms with E-state index in [-0.39, 0.29) is 13.6 Å². The van der Waals surface area contributed by atoms with Crippen molar-refractivity contribution in [2.75, 3.05) is 6.54 Å². The Morgan fingerprint density at radius 3 is 2.44 bits per heavy atom. The van der Waals surface area contributed by atoms with Gasteiger partial charge in [0.05, 0.1) is 0 Å². The molecule has 1 aliphatic rings. The molecule has 4 N–H and O–H groups in total. The van der Waals surface area contributed by atoms with Crippen LogP contribution in [0.4, 0.5) is 0 Å². The van der Waals surface area contributed by atoms with Crippen LogP contribution in [0.2, 0.25) is 0 Å². The fourth-order valence-corrected chi connectivity index (χ4v) is 1.11. The van der Waals surface area contributed by atoms with E-state index in [1.165, 1.54) is 25.8 Å². The van der Waals surface area contributed by atoms with E-state index in [1.807, 2.05) is 0 Å². The van der Waals surface area contributed by atoms with Gasteiger partial charge in [-0.15, -0.1) is 0 Å². The van der Waals surface area contributed by atoms with Crippen LogP contribution in [0.25, 0.3) is 0 Å². The summed E-state index contributed by atoms with van der Waals surface area (Å²) in [5.41, 5.74) is 0. The molecule has 1 heterocycles. The summed E-state index contributed by atoms with van der Waals surface area (Å²) < 4.78 is 0. The molecule has 0 saturated carbocycles. The van der Waals surface area contributed by atoms with Gasteiger partial charge in [-0.1, -0.05) is 14.4 Å². The van der Waals surface area contributed by atoms with Gasteiger partial charge in [0.2, 0.25) is 0 Å². The molecule has 0 aliphatic carbocycles. The van der Waals surface area contributed by atoms with Gasteiger partial charge in [0.25, 0.3) is 0 Å². The molecule has 9 heavy (non-hydrogen) atoms. The van der Waals surface area contributed by atoms with E-state index in [2.05, 4.69) is 12.2 Å². The van der Waals surface area contributed by atoms with E-state index >= 15 is 0 Å². The van der Waals surface area contributed by atoms with Crippen molar-refractivity contribution < 1.29 is 0 Å². The largest absolute Gasteiger partial charge is 0.344 e. The predicted molar refractivity (Wildman–Crippen MR) is 43.1 cm³/mol. The SMILES string of the molecule is C.CCC1CCCN1.N. The summed E-state index contributed by atoms with van der Waals surface area (Å²) in [6.45, 7) is 3.49. The van der Waals surface area contributed by atoms with Gasteiger partial charge in [0, 0.05) is 6.04 Å². The standard InChI is InChI=1S/C6H13N.CH4.H3N/c1-2-6-4-3-5-7-6;;/h6-7H,2-5H2,1H3;1H4;1H3. The highest BCUT2D eigenvalue weighted by molar-refractivity contribution is 4.71. The molecule has 0 aromatic carbocycles. The molecule has 1 fully saturated rings. The Morgan fingerprint density at radius 2 is 2.22 bits per heavy atom. The quantitative estimate of drug-likeness (QED) is 0.573. The molecule has 58 valence electrons. The average molecular weight is 132 g/mol. The van der Waals surface area contributed by atoms with E-state index in [9.17, 15) is 0 Å². The molecule has 0 radical (unpaired) electrons. The zero-order chi connectivity index (χ0) is 5.11. The van der Waals surface area contributed by atoms with Crippen molar-refractivity contribution in [1.82, 2.24) is 11.5 Å². The highest BCUT2D eigenvalue weighted by Gasteiger charge is 2.09. The van der Waals surface area contributed by atoms with Crippen LogP contribution >= 0.6 is 0 Å². The zero-order valence-electron chi connectivity index (χ0n) is 5.61. The van der Waals surface area contributed by atoms with Crippen LogP contribution in [0, 0.1) is 0 Å². The first-order valence-electron chi connectivity index (χ1n) is 3.17. The minimum absolute atomic E-state index is 0. The maximum absolute atomic E-state index is 3.41. The first-order chi connectivity index (χ1) is 3.43. The third-order valence-electron chi connectivity index (χ3n) is 1.66. The topological polar surface area (TPSA) is 47.0 Å². The van der Waals surface area contributed by atoms with Gasteiger partial charge in [-0.2, -0.15) is 0 Å². The van der Waals surface area contributed by atoms with Crippen molar-refractivity contribution in [2.45, 2.75) is 39.7 Å². The molecular formula is C7H20N2. The number of hydrogen-bond acceptors (Lipinski definition) is 2. The zero-order valence-corrected chi connectivity index (χ0v) is 5.61. The van der Waals surface area contributed by atoms with E-state index < -0.39 is 0 Å². The molecule has 0 spiro atoms. The normalized spacial score (nSPS) is 24.3.